The van der Waals surface area contributed by atoms with Crippen LogP contribution in [0.3, 0.4) is 0 Å². The molecule has 2 fully saturated rings. The van der Waals surface area contributed by atoms with Gasteiger partial charge in [-0.2, -0.15) is 0 Å². The Labute approximate surface area is 190 Å². The zero-order valence-corrected chi connectivity index (χ0v) is 19.5. The Kier molecular flexibility index (Phi) is 8.99. The minimum absolute atomic E-state index is 0.0929. The normalized spacial score (nSPS) is 16.7. The summed E-state index contributed by atoms with van der Waals surface area (Å²) in [4.78, 5) is 32.2. The van der Waals surface area contributed by atoms with Crippen LogP contribution in [0.5, 0.6) is 17.2 Å². The Morgan fingerprint density at radius 2 is 1.56 bits per heavy atom. The van der Waals surface area contributed by atoms with Gasteiger partial charge in [0.15, 0.2) is 11.5 Å². The lowest BCUT2D eigenvalue weighted by Crippen LogP contribution is -2.47. The van der Waals surface area contributed by atoms with Crippen molar-refractivity contribution >= 4 is 11.8 Å². The minimum Gasteiger partial charge on any atom is -0.493 e. The van der Waals surface area contributed by atoms with Crippen molar-refractivity contribution in [2.24, 2.45) is 0 Å². The SMILES string of the molecule is COc1cc(C(=O)N(CCC(=O)N2CCNCC2)CCN2CCCC2)cc(OC)c1OC. The summed E-state index contributed by atoms with van der Waals surface area (Å²) in [6, 6.07) is 3.34. The molecule has 3 rings (SSSR count). The Morgan fingerprint density at radius 1 is 0.938 bits per heavy atom. The third-order valence-corrected chi connectivity index (χ3v) is 6.15. The summed E-state index contributed by atoms with van der Waals surface area (Å²) < 4.78 is 16.2. The monoisotopic (exact) mass is 448 g/mol. The third-order valence-electron chi connectivity index (χ3n) is 6.15. The predicted octanol–water partition coefficient (Wildman–Crippen LogP) is 1.07. The Bertz CT molecular complexity index is 751. The van der Waals surface area contributed by atoms with Crippen molar-refractivity contribution < 1.29 is 23.8 Å². The van der Waals surface area contributed by atoms with Gasteiger partial charge in [0.1, 0.15) is 0 Å². The van der Waals surface area contributed by atoms with Gasteiger partial charge in [0, 0.05) is 57.8 Å². The predicted molar refractivity (Wildman–Crippen MR) is 122 cm³/mol. The summed E-state index contributed by atoms with van der Waals surface area (Å²) in [5, 5.41) is 3.26. The summed E-state index contributed by atoms with van der Waals surface area (Å²) in [6.07, 6.45) is 2.71. The average molecular weight is 449 g/mol. The number of piperazine rings is 1. The van der Waals surface area contributed by atoms with E-state index in [1.807, 2.05) is 4.90 Å². The number of ether oxygens (including phenoxy) is 3. The molecule has 32 heavy (non-hydrogen) atoms. The van der Waals surface area contributed by atoms with Gasteiger partial charge >= 0.3 is 0 Å². The highest BCUT2D eigenvalue weighted by atomic mass is 16.5. The zero-order valence-electron chi connectivity index (χ0n) is 19.5. The van der Waals surface area contributed by atoms with Gasteiger partial charge in [-0.15, -0.1) is 0 Å². The van der Waals surface area contributed by atoms with E-state index < -0.39 is 0 Å². The van der Waals surface area contributed by atoms with E-state index in [4.69, 9.17) is 14.2 Å². The fraction of sp³-hybridized carbons (Fsp3) is 0.652. The van der Waals surface area contributed by atoms with E-state index in [-0.39, 0.29) is 11.8 Å². The fourth-order valence-corrected chi connectivity index (χ4v) is 4.27. The first-order valence-electron chi connectivity index (χ1n) is 11.4. The molecule has 1 aromatic rings. The maximum Gasteiger partial charge on any atom is 0.254 e. The van der Waals surface area contributed by atoms with Crippen LogP contribution >= 0.6 is 0 Å². The Hall–Kier alpha value is -2.52. The van der Waals surface area contributed by atoms with E-state index in [1.54, 1.807) is 17.0 Å². The van der Waals surface area contributed by atoms with Crippen molar-refractivity contribution in [2.45, 2.75) is 19.3 Å². The van der Waals surface area contributed by atoms with E-state index in [9.17, 15) is 9.59 Å². The lowest BCUT2D eigenvalue weighted by Gasteiger charge is -2.30. The van der Waals surface area contributed by atoms with Crippen molar-refractivity contribution in [3.8, 4) is 17.2 Å². The van der Waals surface area contributed by atoms with Gasteiger partial charge in [0.05, 0.1) is 21.3 Å². The summed E-state index contributed by atoms with van der Waals surface area (Å²) in [5.74, 6) is 1.27. The topological polar surface area (TPSA) is 83.6 Å². The number of nitrogens with zero attached hydrogens (tertiary/aromatic N) is 3. The number of benzene rings is 1. The lowest BCUT2D eigenvalue weighted by atomic mass is 10.1. The van der Waals surface area contributed by atoms with Crippen LogP contribution in [0, 0.1) is 0 Å². The molecule has 1 N–H and O–H groups in total. The van der Waals surface area contributed by atoms with Gasteiger partial charge in [-0.05, 0) is 38.1 Å². The molecule has 2 aliphatic heterocycles. The van der Waals surface area contributed by atoms with Gasteiger partial charge in [-0.3, -0.25) is 9.59 Å². The van der Waals surface area contributed by atoms with Crippen LogP contribution in [0.2, 0.25) is 0 Å². The number of amides is 2. The number of carbonyl (C=O) groups excluding carboxylic acids is 2. The fourth-order valence-electron chi connectivity index (χ4n) is 4.27. The summed E-state index contributed by atoms with van der Waals surface area (Å²) in [5.41, 5.74) is 0.454. The first kappa shape index (κ1) is 24.1. The third kappa shape index (κ3) is 6.04. The smallest absolute Gasteiger partial charge is 0.254 e. The molecule has 9 nitrogen and oxygen atoms in total. The highest BCUT2D eigenvalue weighted by Gasteiger charge is 2.24. The maximum atomic E-state index is 13.5. The Morgan fingerprint density at radius 3 is 2.12 bits per heavy atom. The van der Waals surface area contributed by atoms with Crippen molar-refractivity contribution in [2.75, 3.05) is 80.2 Å². The second kappa shape index (κ2) is 11.9. The number of nitrogens with one attached hydrogen (secondary N) is 1. The van der Waals surface area contributed by atoms with Crippen LogP contribution in [-0.4, -0.2) is 107 Å². The van der Waals surface area contributed by atoms with Crippen LogP contribution < -0.4 is 19.5 Å². The molecule has 2 aliphatic rings. The van der Waals surface area contributed by atoms with Gasteiger partial charge in [-0.1, -0.05) is 0 Å². The summed E-state index contributed by atoms with van der Waals surface area (Å²) >= 11 is 0. The number of hydrogen-bond donors (Lipinski definition) is 1. The van der Waals surface area contributed by atoms with Crippen molar-refractivity contribution in [3.63, 3.8) is 0 Å². The van der Waals surface area contributed by atoms with Crippen LogP contribution in [0.1, 0.15) is 29.6 Å². The second-order valence-corrected chi connectivity index (χ2v) is 8.14. The van der Waals surface area contributed by atoms with Gasteiger partial charge < -0.3 is 34.2 Å². The van der Waals surface area contributed by atoms with E-state index in [0.717, 1.165) is 32.7 Å². The van der Waals surface area contributed by atoms with Crippen LogP contribution in [0.4, 0.5) is 0 Å². The molecule has 2 amide bonds. The first-order chi connectivity index (χ1) is 15.6. The molecule has 2 saturated heterocycles. The van der Waals surface area contributed by atoms with Crippen LogP contribution in [0.15, 0.2) is 12.1 Å². The number of likely N-dealkylation sites (tertiary alicyclic amines) is 1. The molecule has 0 saturated carbocycles. The number of hydrogen-bond acceptors (Lipinski definition) is 7. The average Bonchev–Trinajstić information content (AvgIpc) is 3.36. The lowest BCUT2D eigenvalue weighted by molar-refractivity contribution is -0.131. The highest BCUT2D eigenvalue weighted by Crippen LogP contribution is 2.38. The van der Waals surface area contributed by atoms with Crippen molar-refractivity contribution in [1.82, 2.24) is 20.0 Å². The quantitative estimate of drug-likeness (QED) is 0.573. The summed E-state index contributed by atoms with van der Waals surface area (Å²) in [7, 11) is 4.59. The molecule has 9 heteroatoms. The van der Waals surface area contributed by atoms with Gasteiger partial charge in [-0.25, -0.2) is 0 Å². The standard InChI is InChI=1S/C23H36N4O5/c1-30-19-16-18(17-20(31-2)22(19)32-3)23(29)27(15-14-25-9-4-5-10-25)11-6-21(28)26-12-7-24-8-13-26/h16-17,24H,4-15H2,1-3H3. The Balaban J connectivity index is 1.74. The maximum absolute atomic E-state index is 13.5. The number of rotatable bonds is 10. The van der Waals surface area contributed by atoms with E-state index in [0.29, 0.717) is 55.4 Å². The molecule has 0 radical (unpaired) electrons. The van der Waals surface area contributed by atoms with E-state index in [2.05, 4.69) is 10.2 Å². The molecule has 2 heterocycles. The van der Waals surface area contributed by atoms with E-state index in [1.165, 1.54) is 34.2 Å². The molecule has 0 aromatic heterocycles. The molecule has 1 aromatic carbocycles. The second-order valence-electron chi connectivity index (χ2n) is 8.14. The molecule has 0 spiro atoms. The molecule has 0 aliphatic carbocycles. The molecular formula is C23H36N4O5. The number of methoxy groups -OCH3 is 3. The molecule has 0 atom stereocenters. The van der Waals surface area contributed by atoms with Gasteiger partial charge in [0.25, 0.3) is 5.91 Å². The van der Waals surface area contributed by atoms with Crippen LogP contribution in [-0.2, 0) is 4.79 Å². The molecule has 0 bridgehead atoms. The van der Waals surface area contributed by atoms with Gasteiger partial charge in [0.2, 0.25) is 11.7 Å². The molecular weight excluding hydrogens is 412 g/mol. The zero-order chi connectivity index (χ0) is 22.9. The number of carbonyl (C=O) groups is 2. The minimum atomic E-state index is -0.142. The molecule has 178 valence electrons. The van der Waals surface area contributed by atoms with E-state index >= 15 is 0 Å². The summed E-state index contributed by atoms with van der Waals surface area (Å²) in [6.45, 7) is 6.94. The first-order valence-corrected chi connectivity index (χ1v) is 11.4. The van der Waals surface area contributed by atoms with Crippen molar-refractivity contribution in [1.29, 1.82) is 0 Å². The van der Waals surface area contributed by atoms with Crippen molar-refractivity contribution in [3.05, 3.63) is 17.7 Å². The highest BCUT2D eigenvalue weighted by molar-refractivity contribution is 5.96. The molecule has 0 unspecified atom stereocenters. The van der Waals surface area contributed by atoms with Crippen LogP contribution in [0.25, 0.3) is 0 Å². The largest absolute Gasteiger partial charge is 0.493 e.